The summed E-state index contributed by atoms with van der Waals surface area (Å²) in [6.07, 6.45) is 2.21. The third-order valence-corrected chi connectivity index (χ3v) is 1.91. The Morgan fingerprint density at radius 3 is 3.36 bits per heavy atom. The molecular weight excluding hydrogens is 146 g/mol. The van der Waals surface area contributed by atoms with Crippen LogP contribution >= 0.6 is 0 Å². The van der Waals surface area contributed by atoms with Gasteiger partial charge in [0.05, 0.1) is 0 Å². The Labute approximate surface area is 62.7 Å². The molecule has 1 unspecified atom stereocenters. The molecule has 0 radical (unpaired) electrons. The van der Waals surface area contributed by atoms with Crippen molar-refractivity contribution in [2.45, 2.75) is 18.9 Å². The fraction of sp³-hybridized carbons (Fsp3) is 0.500. The van der Waals surface area contributed by atoms with Gasteiger partial charge in [-0.15, -0.1) is 10.2 Å². The van der Waals surface area contributed by atoms with Gasteiger partial charge in [-0.25, -0.2) is 0 Å². The van der Waals surface area contributed by atoms with Crippen molar-refractivity contribution in [2.24, 2.45) is 0 Å². The molecule has 58 valence electrons. The lowest BCUT2D eigenvalue weighted by atomic mass is 10.1. The number of aromatic nitrogens is 3. The summed E-state index contributed by atoms with van der Waals surface area (Å²) in [6.45, 7) is 0.722. The summed E-state index contributed by atoms with van der Waals surface area (Å²) >= 11 is 0. The first-order valence-electron chi connectivity index (χ1n) is 3.39. The topological polar surface area (TPSA) is 68.0 Å². The van der Waals surface area contributed by atoms with E-state index in [0.717, 1.165) is 6.54 Å². The van der Waals surface area contributed by atoms with Crippen LogP contribution in [0.4, 0.5) is 0 Å². The lowest BCUT2D eigenvalue weighted by molar-refractivity contribution is -0.138. The van der Waals surface area contributed by atoms with Gasteiger partial charge in [-0.2, -0.15) is 0 Å². The number of carboxylic acids is 1. The number of rotatable bonds is 1. The zero-order valence-electron chi connectivity index (χ0n) is 5.77. The zero-order chi connectivity index (χ0) is 7.84. The van der Waals surface area contributed by atoms with Crippen molar-refractivity contribution in [3.8, 4) is 0 Å². The van der Waals surface area contributed by atoms with Crippen LogP contribution < -0.4 is 0 Å². The molecule has 1 aliphatic heterocycles. The van der Waals surface area contributed by atoms with Crippen molar-refractivity contribution in [1.82, 2.24) is 14.8 Å². The summed E-state index contributed by atoms with van der Waals surface area (Å²) < 4.78 is 1.78. The maximum absolute atomic E-state index is 10.6. The van der Waals surface area contributed by atoms with Gasteiger partial charge in [0, 0.05) is 6.54 Å². The van der Waals surface area contributed by atoms with Gasteiger partial charge in [-0.05, 0) is 6.42 Å². The number of hydrogen-bond donors (Lipinski definition) is 1. The van der Waals surface area contributed by atoms with Crippen LogP contribution in [0.3, 0.4) is 0 Å². The van der Waals surface area contributed by atoms with E-state index >= 15 is 0 Å². The van der Waals surface area contributed by atoms with Crippen LogP contribution in [0, 0.1) is 0 Å². The number of carbonyl (C=O) groups is 1. The highest BCUT2D eigenvalue weighted by Gasteiger charge is 2.30. The predicted octanol–water partition coefficient (Wildman–Crippen LogP) is -0.150. The molecule has 1 aliphatic rings. The molecule has 0 saturated heterocycles. The van der Waals surface area contributed by atoms with Crippen LogP contribution in [0.2, 0.25) is 0 Å². The first kappa shape index (κ1) is 6.33. The molecular formula is C6H7N3O2. The third kappa shape index (κ3) is 0.806. The summed E-state index contributed by atoms with van der Waals surface area (Å²) in [7, 11) is 0. The van der Waals surface area contributed by atoms with E-state index in [1.54, 1.807) is 10.9 Å². The van der Waals surface area contributed by atoms with E-state index in [9.17, 15) is 4.79 Å². The van der Waals surface area contributed by atoms with Crippen LogP contribution in [-0.4, -0.2) is 25.8 Å². The molecule has 0 aromatic carbocycles. The van der Waals surface area contributed by atoms with E-state index in [4.69, 9.17) is 5.11 Å². The predicted molar refractivity (Wildman–Crippen MR) is 35.0 cm³/mol. The van der Waals surface area contributed by atoms with E-state index < -0.39 is 11.9 Å². The second-order valence-electron chi connectivity index (χ2n) is 2.56. The minimum atomic E-state index is -0.809. The molecule has 1 N–H and O–H groups in total. The van der Waals surface area contributed by atoms with Crippen LogP contribution in [-0.2, 0) is 11.3 Å². The molecule has 5 nitrogen and oxygen atoms in total. The minimum absolute atomic E-state index is 0.447. The molecule has 11 heavy (non-hydrogen) atoms. The SMILES string of the molecule is O=C(O)C1CCn2cnnc21. The Hall–Kier alpha value is -1.39. The maximum atomic E-state index is 10.6. The lowest BCUT2D eigenvalue weighted by Gasteiger charge is -1.97. The molecule has 2 rings (SSSR count). The number of hydrogen-bond acceptors (Lipinski definition) is 3. The molecule has 0 fully saturated rings. The summed E-state index contributed by atoms with van der Waals surface area (Å²) in [5, 5.41) is 16.1. The lowest BCUT2D eigenvalue weighted by Crippen LogP contribution is -2.09. The van der Waals surface area contributed by atoms with Gasteiger partial charge < -0.3 is 9.67 Å². The summed E-state index contributed by atoms with van der Waals surface area (Å²) in [5.41, 5.74) is 0. The Bertz CT molecular complexity index is 294. The Morgan fingerprint density at radius 2 is 2.64 bits per heavy atom. The Morgan fingerprint density at radius 1 is 1.82 bits per heavy atom. The van der Waals surface area contributed by atoms with Crippen LogP contribution in [0.25, 0.3) is 0 Å². The number of carboxylic acid groups (broad SMARTS) is 1. The first-order chi connectivity index (χ1) is 5.29. The minimum Gasteiger partial charge on any atom is -0.481 e. The number of aliphatic carboxylic acids is 1. The normalized spacial score (nSPS) is 21.6. The summed E-state index contributed by atoms with van der Waals surface area (Å²) in [6, 6.07) is 0. The third-order valence-electron chi connectivity index (χ3n) is 1.91. The molecule has 0 amide bonds. The van der Waals surface area contributed by atoms with Crippen molar-refractivity contribution in [2.75, 3.05) is 0 Å². The molecule has 0 saturated carbocycles. The van der Waals surface area contributed by atoms with Gasteiger partial charge in [0.1, 0.15) is 18.1 Å². The number of fused-ring (bicyclic) bond motifs is 1. The zero-order valence-corrected chi connectivity index (χ0v) is 5.77. The molecule has 5 heteroatoms. The van der Waals surface area contributed by atoms with Gasteiger partial charge in [-0.3, -0.25) is 4.79 Å². The molecule has 1 aromatic heterocycles. The Balaban J connectivity index is 2.38. The fourth-order valence-electron chi connectivity index (χ4n) is 1.34. The highest BCUT2D eigenvalue weighted by atomic mass is 16.4. The van der Waals surface area contributed by atoms with Gasteiger partial charge in [0.25, 0.3) is 0 Å². The van der Waals surface area contributed by atoms with Crippen molar-refractivity contribution in [1.29, 1.82) is 0 Å². The molecule has 0 aliphatic carbocycles. The first-order valence-corrected chi connectivity index (χ1v) is 3.39. The van der Waals surface area contributed by atoms with E-state index in [-0.39, 0.29) is 0 Å². The van der Waals surface area contributed by atoms with Crippen molar-refractivity contribution in [3.05, 3.63) is 12.2 Å². The molecule has 1 atom stereocenters. The standard InChI is InChI=1S/C6H7N3O2/c10-6(11)4-1-2-9-3-7-8-5(4)9/h3-4H,1-2H2,(H,10,11). The molecule has 0 bridgehead atoms. The van der Waals surface area contributed by atoms with Crippen molar-refractivity contribution >= 4 is 5.97 Å². The van der Waals surface area contributed by atoms with E-state index in [0.29, 0.717) is 12.2 Å². The highest BCUT2D eigenvalue weighted by Crippen LogP contribution is 2.24. The smallest absolute Gasteiger partial charge is 0.314 e. The van der Waals surface area contributed by atoms with Crippen LogP contribution in [0.1, 0.15) is 18.2 Å². The van der Waals surface area contributed by atoms with E-state index in [1.165, 1.54) is 0 Å². The summed E-state index contributed by atoms with van der Waals surface area (Å²) in [5.74, 6) is -0.674. The van der Waals surface area contributed by atoms with Gasteiger partial charge >= 0.3 is 5.97 Å². The fourth-order valence-corrected chi connectivity index (χ4v) is 1.34. The quantitative estimate of drug-likeness (QED) is 0.609. The Kier molecular flexibility index (Phi) is 1.18. The van der Waals surface area contributed by atoms with Gasteiger partial charge in [-0.1, -0.05) is 0 Å². The van der Waals surface area contributed by atoms with Crippen LogP contribution in [0.5, 0.6) is 0 Å². The second kappa shape index (κ2) is 2.05. The molecule has 2 heterocycles. The number of aryl methyl sites for hydroxylation is 1. The van der Waals surface area contributed by atoms with Crippen molar-refractivity contribution < 1.29 is 9.90 Å². The summed E-state index contributed by atoms with van der Waals surface area (Å²) in [4.78, 5) is 10.6. The van der Waals surface area contributed by atoms with Crippen molar-refractivity contribution in [3.63, 3.8) is 0 Å². The van der Waals surface area contributed by atoms with E-state index in [1.807, 2.05) is 0 Å². The molecule has 1 aromatic rings. The van der Waals surface area contributed by atoms with Gasteiger partial charge in [0.15, 0.2) is 0 Å². The van der Waals surface area contributed by atoms with E-state index in [2.05, 4.69) is 10.2 Å². The molecule has 0 spiro atoms. The van der Waals surface area contributed by atoms with Gasteiger partial charge in [0.2, 0.25) is 0 Å². The monoisotopic (exact) mass is 153 g/mol. The average Bonchev–Trinajstić information content (AvgIpc) is 2.41. The second-order valence-corrected chi connectivity index (χ2v) is 2.56. The van der Waals surface area contributed by atoms with Crippen LogP contribution in [0.15, 0.2) is 6.33 Å². The number of nitrogens with zero attached hydrogens (tertiary/aromatic N) is 3. The average molecular weight is 153 g/mol. The maximum Gasteiger partial charge on any atom is 0.314 e. The highest BCUT2D eigenvalue weighted by molar-refractivity contribution is 5.75. The largest absolute Gasteiger partial charge is 0.481 e.